The first kappa shape index (κ1) is 18.0. The number of rotatable bonds is 6. The number of hydrogen-bond donors (Lipinski definition) is 1. The fraction of sp³-hybridized carbons (Fsp3) is 0.350. The van der Waals surface area contributed by atoms with Crippen molar-refractivity contribution in [2.75, 3.05) is 37.4 Å². The van der Waals surface area contributed by atoms with E-state index < -0.39 is 0 Å². The molecule has 0 radical (unpaired) electrons. The van der Waals surface area contributed by atoms with E-state index in [2.05, 4.69) is 23.2 Å². The number of carbonyl (C=O) groups excluding carboxylic acids is 1. The number of carbonyl (C=O) groups is 1. The third-order valence-corrected chi connectivity index (χ3v) is 5.09. The number of thioether (sulfide) groups is 1. The summed E-state index contributed by atoms with van der Waals surface area (Å²) >= 11 is 1.73. The molecule has 1 N–H and O–H groups in total. The lowest BCUT2D eigenvalue weighted by Crippen LogP contribution is -2.35. The van der Waals surface area contributed by atoms with Gasteiger partial charge in [-0.1, -0.05) is 31.2 Å². The Morgan fingerprint density at radius 1 is 1.16 bits per heavy atom. The maximum atomic E-state index is 12.7. The fourth-order valence-corrected chi connectivity index (χ4v) is 3.63. The van der Waals surface area contributed by atoms with E-state index in [4.69, 9.17) is 4.74 Å². The molecule has 4 nitrogen and oxygen atoms in total. The first-order valence-corrected chi connectivity index (χ1v) is 9.67. The highest BCUT2D eigenvalue weighted by molar-refractivity contribution is 7.99. The summed E-state index contributed by atoms with van der Waals surface area (Å²) in [7, 11) is 0. The largest absolute Gasteiger partial charge is 0.379 e. The molecule has 0 aliphatic carbocycles. The molecule has 0 saturated carbocycles. The van der Waals surface area contributed by atoms with Gasteiger partial charge in [0.15, 0.2) is 0 Å². The zero-order valence-electron chi connectivity index (χ0n) is 14.5. The second-order valence-corrected chi connectivity index (χ2v) is 7.28. The summed E-state index contributed by atoms with van der Waals surface area (Å²) in [5.74, 6) is 0.912. The molecule has 1 heterocycles. The number of anilines is 1. The van der Waals surface area contributed by atoms with Gasteiger partial charge in [0.05, 0.1) is 18.9 Å². The average Bonchev–Trinajstić information content (AvgIpc) is 2.64. The quantitative estimate of drug-likeness (QED) is 0.798. The predicted octanol–water partition coefficient (Wildman–Crippen LogP) is 3.88. The fourth-order valence-electron chi connectivity index (χ4n) is 2.87. The second-order valence-electron chi connectivity index (χ2n) is 5.97. The smallest absolute Gasteiger partial charge is 0.255 e. The van der Waals surface area contributed by atoms with Gasteiger partial charge in [0.1, 0.15) is 0 Å². The summed E-state index contributed by atoms with van der Waals surface area (Å²) in [6, 6.07) is 15.8. The molecule has 0 atom stereocenters. The molecule has 2 aromatic carbocycles. The molecular formula is C20H24N2O2S. The topological polar surface area (TPSA) is 41.6 Å². The zero-order chi connectivity index (χ0) is 17.5. The Hall–Kier alpha value is -1.82. The highest BCUT2D eigenvalue weighted by Gasteiger charge is 2.13. The maximum Gasteiger partial charge on any atom is 0.255 e. The van der Waals surface area contributed by atoms with Crippen molar-refractivity contribution < 1.29 is 9.53 Å². The first-order valence-electron chi connectivity index (χ1n) is 8.68. The summed E-state index contributed by atoms with van der Waals surface area (Å²) in [6.07, 6.45) is 0. The molecule has 0 bridgehead atoms. The van der Waals surface area contributed by atoms with Crippen LogP contribution in [0.15, 0.2) is 53.4 Å². The van der Waals surface area contributed by atoms with Crippen LogP contribution in [0.1, 0.15) is 22.8 Å². The summed E-state index contributed by atoms with van der Waals surface area (Å²) < 4.78 is 5.39. The highest BCUT2D eigenvalue weighted by atomic mass is 32.2. The molecule has 3 rings (SSSR count). The van der Waals surface area contributed by atoms with E-state index in [0.717, 1.165) is 54.7 Å². The molecule has 1 aliphatic heterocycles. The molecule has 5 heteroatoms. The number of morpholine rings is 1. The number of ether oxygens (including phenoxy) is 1. The number of benzene rings is 2. The Kier molecular flexibility index (Phi) is 6.50. The van der Waals surface area contributed by atoms with Gasteiger partial charge in [-0.05, 0) is 35.6 Å². The first-order chi connectivity index (χ1) is 12.3. The van der Waals surface area contributed by atoms with Gasteiger partial charge in [-0.15, -0.1) is 11.8 Å². The monoisotopic (exact) mass is 356 g/mol. The maximum absolute atomic E-state index is 12.7. The van der Waals surface area contributed by atoms with Crippen LogP contribution in [-0.4, -0.2) is 42.9 Å². The minimum Gasteiger partial charge on any atom is -0.379 e. The van der Waals surface area contributed by atoms with Crippen molar-refractivity contribution in [1.29, 1.82) is 0 Å². The van der Waals surface area contributed by atoms with Crippen LogP contribution in [0.4, 0.5) is 5.69 Å². The summed E-state index contributed by atoms with van der Waals surface area (Å²) in [4.78, 5) is 16.1. The molecule has 0 spiro atoms. The normalized spacial score (nSPS) is 15.1. The molecule has 1 amide bonds. The zero-order valence-corrected chi connectivity index (χ0v) is 15.3. The molecule has 1 aliphatic rings. The van der Waals surface area contributed by atoms with Gasteiger partial charge >= 0.3 is 0 Å². The van der Waals surface area contributed by atoms with E-state index in [1.54, 1.807) is 11.8 Å². The lowest BCUT2D eigenvalue weighted by atomic mass is 10.1. The molecule has 0 aromatic heterocycles. The van der Waals surface area contributed by atoms with Gasteiger partial charge in [0.25, 0.3) is 5.91 Å². The predicted molar refractivity (Wildman–Crippen MR) is 103 cm³/mol. The summed E-state index contributed by atoms with van der Waals surface area (Å²) in [6.45, 7) is 6.42. The SMILES string of the molecule is CCSc1ccccc1NC(=O)c1cccc(CN2CCOCC2)c1. The van der Waals surface area contributed by atoms with E-state index in [1.165, 1.54) is 0 Å². The number of nitrogens with one attached hydrogen (secondary N) is 1. The number of hydrogen-bond acceptors (Lipinski definition) is 4. The van der Waals surface area contributed by atoms with Crippen molar-refractivity contribution >= 4 is 23.4 Å². The molecule has 132 valence electrons. The van der Waals surface area contributed by atoms with Crippen molar-refractivity contribution in [3.05, 3.63) is 59.7 Å². The third kappa shape index (κ3) is 5.08. The minimum atomic E-state index is -0.0621. The van der Waals surface area contributed by atoms with Gasteiger partial charge in [-0.3, -0.25) is 9.69 Å². The molecule has 1 fully saturated rings. The van der Waals surface area contributed by atoms with E-state index >= 15 is 0 Å². The van der Waals surface area contributed by atoms with Gasteiger partial charge in [0, 0.05) is 30.1 Å². The Morgan fingerprint density at radius 2 is 1.96 bits per heavy atom. The molecule has 2 aromatic rings. The van der Waals surface area contributed by atoms with E-state index in [0.29, 0.717) is 5.56 Å². The Labute approximate surface area is 153 Å². The van der Waals surface area contributed by atoms with Gasteiger partial charge in [-0.25, -0.2) is 0 Å². The van der Waals surface area contributed by atoms with Gasteiger partial charge < -0.3 is 10.1 Å². The van der Waals surface area contributed by atoms with Gasteiger partial charge in [0.2, 0.25) is 0 Å². The van der Waals surface area contributed by atoms with E-state index in [1.807, 2.05) is 42.5 Å². The lowest BCUT2D eigenvalue weighted by Gasteiger charge is -2.26. The van der Waals surface area contributed by atoms with Crippen LogP contribution in [0.3, 0.4) is 0 Å². The Bertz CT molecular complexity index is 714. The Balaban J connectivity index is 1.69. The van der Waals surface area contributed by atoms with Crippen LogP contribution in [-0.2, 0) is 11.3 Å². The number of para-hydroxylation sites is 1. The van der Waals surface area contributed by atoms with E-state index in [-0.39, 0.29) is 5.91 Å². The van der Waals surface area contributed by atoms with Crippen molar-refractivity contribution in [2.24, 2.45) is 0 Å². The lowest BCUT2D eigenvalue weighted by molar-refractivity contribution is 0.0342. The summed E-state index contributed by atoms with van der Waals surface area (Å²) in [5.41, 5.74) is 2.73. The van der Waals surface area contributed by atoms with Crippen LogP contribution in [0.25, 0.3) is 0 Å². The molecule has 1 saturated heterocycles. The number of amides is 1. The third-order valence-electron chi connectivity index (χ3n) is 4.13. The molecule has 0 unspecified atom stereocenters. The van der Waals surface area contributed by atoms with E-state index in [9.17, 15) is 4.79 Å². The summed E-state index contributed by atoms with van der Waals surface area (Å²) in [5, 5.41) is 3.05. The van der Waals surface area contributed by atoms with Crippen LogP contribution in [0, 0.1) is 0 Å². The molecule has 25 heavy (non-hydrogen) atoms. The van der Waals surface area contributed by atoms with Crippen molar-refractivity contribution in [2.45, 2.75) is 18.4 Å². The van der Waals surface area contributed by atoms with Crippen LogP contribution < -0.4 is 5.32 Å². The van der Waals surface area contributed by atoms with Crippen molar-refractivity contribution in [3.63, 3.8) is 0 Å². The highest BCUT2D eigenvalue weighted by Crippen LogP contribution is 2.27. The van der Waals surface area contributed by atoms with Crippen LogP contribution in [0.2, 0.25) is 0 Å². The Morgan fingerprint density at radius 3 is 2.76 bits per heavy atom. The van der Waals surface area contributed by atoms with Crippen LogP contribution >= 0.6 is 11.8 Å². The standard InChI is InChI=1S/C20H24N2O2S/c1-2-25-19-9-4-3-8-18(19)21-20(23)17-7-5-6-16(14-17)15-22-10-12-24-13-11-22/h3-9,14H,2,10-13,15H2,1H3,(H,21,23). The minimum absolute atomic E-state index is 0.0621. The average molecular weight is 356 g/mol. The van der Waals surface area contributed by atoms with Gasteiger partial charge in [-0.2, -0.15) is 0 Å². The second kappa shape index (κ2) is 9.04. The van der Waals surface area contributed by atoms with Crippen molar-refractivity contribution in [1.82, 2.24) is 4.90 Å². The molecular weight excluding hydrogens is 332 g/mol. The van der Waals surface area contributed by atoms with Crippen molar-refractivity contribution in [3.8, 4) is 0 Å². The van der Waals surface area contributed by atoms with Crippen LogP contribution in [0.5, 0.6) is 0 Å². The number of nitrogens with zero attached hydrogens (tertiary/aromatic N) is 1.